The molecule has 1 aliphatic rings. The Hall–Kier alpha value is -0.840. The van der Waals surface area contributed by atoms with Gasteiger partial charge in [0.25, 0.3) is 0 Å². The molecule has 1 aliphatic heterocycles. The number of aromatic nitrogens is 2. The number of anilines is 1. The van der Waals surface area contributed by atoms with Gasteiger partial charge >= 0.3 is 0 Å². The van der Waals surface area contributed by atoms with Crippen LogP contribution in [0.1, 0.15) is 23.3 Å². The van der Waals surface area contributed by atoms with Gasteiger partial charge in [0.05, 0.1) is 4.47 Å². The van der Waals surface area contributed by atoms with Crippen LogP contribution in [0, 0.1) is 0 Å². The SMILES string of the molecule is Nc1nn2c(c1Br)C(=O)CCC2. The molecular weight excluding hydrogens is 222 g/mol. The highest BCUT2D eigenvalue weighted by Crippen LogP contribution is 2.27. The monoisotopic (exact) mass is 229 g/mol. The van der Waals surface area contributed by atoms with Gasteiger partial charge in [0.15, 0.2) is 11.6 Å². The third kappa shape index (κ3) is 0.964. The largest absolute Gasteiger partial charge is 0.381 e. The molecule has 2 rings (SSSR count). The lowest BCUT2D eigenvalue weighted by molar-refractivity contribution is 0.0951. The average molecular weight is 230 g/mol. The number of rotatable bonds is 0. The fourth-order valence-corrected chi connectivity index (χ4v) is 1.90. The van der Waals surface area contributed by atoms with Crippen LogP contribution in [0.5, 0.6) is 0 Å². The van der Waals surface area contributed by atoms with Gasteiger partial charge in [0.1, 0.15) is 5.69 Å². The zero-order chi connectivity index (χ0) is 8.72. The molecule has 64 valence electrons. The van der Waals surface area contributed by atoms with Crippen molar-refractivity contribution in [2.24, 2.45) is 0 Å². The average Bonchev–Trinajstić information content (AvgIpc) is 2.29. The van der Waals surface area contributed by atoms with Crippen molar-refractivity contribution in [1.82, 2.24) is 9.78 Å². The third-order valence-electron chi connectivity index (χ3n) is 1.96. The Morgan fingerprint density at radius 3 is 3.00 bits per heavy atom. The second-order valence-corrected chi connectivity index (χ2v) is 3.59. The summed E-state index contributed by atoms with van der Waals surface area (Å²) in [6.45, 7) is 0.789. The molecule has 0 unspecified atom stereocenters. The van der Waals surface area contributed by atoms with E-state index in [9.17, 15) is 4.79 Å². The minimum atomic E-state index is 0.123. The third-order valence-corrected chi connectivity index (χ3v) is 2.74. The van der Waals surface area contributed by atoms with E-state index in [0.29, 0.717) is 22.4 Å². The van der Waals surface area contributed by atoms with E-state index in [-0.39, 0.29) is 5.78 Å². The molecule has 2 N–H and O–H groups in total. The standard InChI is InChI=1S/C7H8BrN3O/c8-5-6-4(12)2-1-3-11(6)10-7(5)9/h1-3H2,(H2,9,10). The number of hydrogen-bond donors (Lipinski definition) is 1. The fraction of sp³-hybridized carbons (Fsp3) is 0.429. The van der Waals surface area contributed by atoms with Crippen molar-refractivity contribution >= 4 is 27.5 Å². The van der Waals surface area contributed by atoms with Gasteiger partial charge in [-0.2, -0.15) is 5.10 Å². The lowest BCUT2D eigenvalue weighted by atomic mass is 10.1. The summed E-state index contributed by atoms with van der Waals surface area (Å²) >= 11 is 3.25. The van der Waals surface area contributed by atoms with E-state index in [2.05, 4.69) is 21.0 Å². The molecule has 0 saturated carbocycles. The summed E-state index contributed by atoms with van der Waals surface area (Å²) in [4.78, 5) is 11.4. The lowest BCUT2D eigenvalue weighted by Crippen LogP contribution is -2.17. The maximum absolute atomic E-state index is 11.4. The summed E-state index contributed by atoms with van der Waals surface area (Å²) in [5.74, 6) is 0.526. The highest BCUT2D eigenvalue weighted by atomic mass is 79.9. The Balaban J connectivity index is 2.61. The Morgan fingerprint density at radius 2 is 2.33 bits per heavy atom. The fourth-order valence-electron chi connectivity index (χ4n) is 1.39. The molecule has 1 aromatic rings. The van der Waals surface area contributed by atoms with E-state index in [4.69, 9.17) is 5.73 Å². The predicted octanol–water partition coefficient (Wildman–Crippen LogP) is 1.20. The molecule has 0 atom stereocenters. The molecule has 0 aliphatic carbocycles. The minimum Gasteiger partial charge on any atom is -0.381 e. The summed E-state index contributed by atoms with van der Waals surface area (Å²) in [6, 6.07) is 0. The van der Waals surface area contributed by atoms with Crippen LogP contribution in [0.25, 0.3) is 0 Å². The highest BCUT2D eigenvalue weighted by Gasteiger charge is 2.23. The first-order valence-electron chi connectivity index (χ1n) is 3.75. The summed E-state index contributed by atoms with van der Waals surface area (Å²) in [7, 11) is 0. The van der Waals surface area contributed by atoms with Crippen molar-refractivity contribution < 1.29 is 4.79 Å². The number of nitrogens with zero attached hydrogens (tertiary/aromatic N) is 2. The number of nitrogens with two attached hydrogens (primary N) is 1. The van der Waals surface area contributed by atoms with Crippen LogP contribution in [0.3, 0.4) is 0 Å². The van der Waals surface area contributed by atoms with Crippen molar-refractivity contribution in [3.05, 3.63) is 10.2 Å². The van der Waals surface area contributed by atoms with Gasteiger partial charge < -0.3 is 5.73 Å². The Kier molecular flexibility index (Phi) is 1.68. The molecule has 0 aromatic carbocycles. The van der Waals surface area contributed by atoms with Crippen molar-refractivity contribution in [2.75, 3.05) is 5.73 Å². The molecule has 0 bridgehead atoms. The summed E-state index contributed by atoms with van der Waals surface area (Å²) in [6.07, 6.45) is 1.46. The summed E-state index contributed by atoms with van der Waals surface area (Å²) in [5.41, 5.74) is 6.18. The Labute approximate surface area is 77.9 Å². The van der Waals surface area contributed by atoms with Crippen molar-refractivity contribution in [1.29, 1.82) is 0 Å². The Bertz CT molecular complexity index is 345. The van der Waals surface area contributed by atoms with Crippen LogP contribution in [0.4, 0.5) is 5.82 Å². The number of ketones is 1. The van der Waals surface area contributed by atoms with E-state index < -0.39 is 0 Å². The molecule has 0 spiro atoms. The van der Waals surface area contributed by atoms with Crippen LogP contribution in [-0.4, -0.2) is 15.6 Å². The van der Waals surface area contributed by atoms with Crippen molar-refractivity contribution in [2.45, 2.75) is 19.4 Å². The molecular formula is C7H8BrN3O. The van der Waals surface area contributed by atoms with Gasteiger partial charge in [0, 0.05) is 13.0 Å². The predicted molar refractivity (Wildman–Crippen MR) is 47.9 cm³/mol. The molecule has 4 nitrogen and oxygen atoms in total. The number of halogens is 1. The van der Waals surface area contributed by atoms with E-state index in [0.717, 1.165) is 13.0 Å². The van der Waals surface area contributed by atoms with Crippen LogP contribution in [0.15, 0.2) is 4.47 Å². The number of nitrogen functional groups attached to an aromatic ring is 1. The van der Waals surface area contributed by atoms with Gasteiger partial charge in [-0.3, -0.25) is 9.48 Å². The number of aryl methyl sites for hydroxylation is 1. The first-order chi connectivity index (χ1) is 5.70. The van der Waals surface area contributed by atoms with Crippen LogP contribution in [-0.2, 0) is 6.54 Å². The van der Waals surface area contributed by atoms with Gasteiger partial charge in [-0.1, -0.05) is 0 Å². The number of hydrogen-bond acceptors (Lipinski definition) is 3. The van der Waals surface area contributed by atoms with Gasteiger partial charge in [-0.25, -0.2) is 0 Å². The minimum absolute atomic E-state index is 0.123. The van der Waals surface area contributed by atoms with Gasteiger partial charge in [-0.15, -0.1) is 0 Å². The zero-order valence-electron chi connectivity index (χ0n) is 6.38. The quantitative estimate of drug-likeness (QED) is 0.728. The lowest BCUT2D eigenvalue weighted by Gasteiger charge is -2.11. The molecule has 2 heterocycles. The van der Waals surface area contributed by atoms with Crippen molar-refractivity contribution in [3.63, 3.8) is 0 Å². The maximum atomic E-state index is 11.4. The molecule has 12 heavy (non-hydrogen) atoms. The molecule has 0 amide bonds. The zero-order valence-corrected chi connectivity index (χ0v) is 7.97. The van der Waals surface area contributed by atoms with E-state index in [1.54, 1.807) is 4.68 Å². The maximum Gasteiger partial charge on any atom is 0.182 e. The number of fused-ring (bicyclic) bond motifs is 1. The van der Waals surface area contributed by atoms with Crippen LogP contribution < -0.4 is 5.73 Å². The second-order valence-electron chi connectivity index (χ2n) is 2.80. The summed E-state index contributed by atoms with van der Waals surface area (Å²) < 4.78 is 2.32. The van der Waals surface area contributed by atoms with Gasteiger partial charge in [-0.05, 0) is 22.4 Å². The molecule has 5 heteroatoms. The molecule has 1 aromatic heterocycles. The normalized spacial score (nSPS) is 16.2. The second kappa shape index (κ2) is 2.58. The van der Waals surface area contributed by atoms with Crippen LogP contribution >= 0.6 is 15.9 Å². The number of Topliss-reactive ketones (excluding diaryl/α,β-unsaturated/α-hetero) is 1. The smallest absolute Gasteiger partial charge is 0.182 e. The van der Waals surface area contributed by atoms with E-state index in [1.165, 1.54) is 0 Å². The topological polar surface area (TPSA) is 60.9 Å². The summed E-state index contributed by atoms with van der Waals surface area (Å²) in [5, 5.41) is 4.03. The van der Waals surface area contributed by atoms with Crippen LogP contribution in [0.2, 0.25) is 0 Å². The van der Waals surface area contributed by atoms with E-state index >= 15 is 0 Å². The van der Waals surface area contributed by atoms with Crippen molar-refractivity contribution in [3.8, 4) is 0 Å². The Morgan fingerprint density at radius 1 is 1.58 bits per heavy atom. The molecule has 0 saturated heterocycles. The molecule has 0 radical (unpaired) electrons. The van der Waals surface area contributed by atoms with Gasteiger partial charge in [0.2, 0.25) is 0 Å². The highest BCUT2D eigenvalue weighted by molar-refractivity contribution is 9.10. The number of carbonyl (C=O) groups excluding carboxylic acids is 1. The molecule has 0 fully saturated rings. The number of carbonyl (C=O) groups is 1. The first-order valence-corrected chi connectivity index (χ1v) is 4.54. The van der Waals surface area contributed by atoms with E-state index in [1.807, 2.05) is 0 Å². The first kappa shape index (κ1) is 7.79.